The number of rotatable bonds is 8. The molecule has 11 nitrogen and oxygen atoms in total. The maximum Gasteiger partial charge on any atom is 0.259 e. The average Bonchev–Trinajstić information content (AvgIpc) is 3.42. The van der Waals surface area contributed by atoms with Crippen LogP contribution in [-0.2, 0) is 9.47 Å². The Bertz CT molecular complexity index is 1160. The van der Waals surface area contributed by atoms with Gasteiger partial charge in [-0.1, -0.05) is 0 Å². The number of amides is 1. The van der Waals surface area contributed by atoms with Crippen LogP contribution in [0.3, 0.4) is 0 Å². The van der Waals surface area contributed by atoms with Gasteiger partial charge < -0.3 is 18.9 Å². The predicted octanol–water partition coefficient (Wildman–Crippen LogP) is 1.66. The van der Waals surface area contributed by atoms with Crippen molar-refractivity contribution >= 4 is 23.4 Å². The number of ether oxygens (including phenoxy) is 4. The van der Waals surface area contributed by atoms with Crippen LogP contribution >= 0.6 is 0 Å². The molecule has 1 unspecified atom stereocenters. The van der Waals surface area contributed by atoms with E-state index in [1.54, 1.807) is 32.5 Å². The van der Waals surface area contributed by atoms with Crippen molar-refractivity contribution in [2.75, 3.05) is 60.2 Å². The van der Waals surface area contributed by atoms with Crippen LogP contribution < -0.4 is 14.8 Å². The maximum atomic E-state index is 12.8. The van der Waals surface area contributed by atoms with E-state index < -0.39 is 0 Å². The zero-order chi connectivity index (χ0) is 24.9. The number of nitrogens with one attached hydrogen (secondary N) is 1. The summed E-state index contributed by atoms with van der Waals surface area (Å²) < 4.78 is 22.7. The molecule has 1 atom stereocenters. The standard InChI is InChI=1S/C25H30N6O5/c1-33-20-16-30(12-14-36-20)10-4-13-35-19-7-6-18-21(22(19)34-2)28-25(31-11-9-27-23(18)31)29-24(32)17-5-3-8-26-15-17/h3,5-8,15,20H,4,9-14,16H2,1-2H3,(H,28,29,32). The van der Waals surface area contributed by atoms with Crippen LogP contribution in [0.1, 0.15) is 22.3 Å². The summed E-state index contributed by atoms with van der Waals surface area (Å²) in [4.78, 5) is 30.5. The number of hydrogen-bond donors (Lipinski definition) is 1. The highest BCUT2D eigenvalue weighted by atomic mass is 16.7. The van der Waals surface area contributed by atoms with Crippen molar-refractivity contribution in [3.63, 3.8) is 0 Å². The smallest absolute Gasteiger partial charge is 0.259 e. The Kier molecular flexibility index (Phi) is 7.40. The van der Waals surface area contributed by atoms with Crippen LogP contribution in [0, 0.1) is 0 Å². The first-order chi connectivity index (χ1) is 17.7. The molecule has 1 N–H and O–H groups in total. The zero-order valence-corrected chi connectivity index (χ0v) is 20.5. The molecule has 11 heteroatoms. The van der Waals surface area contributed by atoms with Crippen LogP contribution in [0.4, 0.5) is 5.69 Å². The zero-order valence-electron chi connectivity index (χ0n) is 20.5. The van der Waals surface area contributed by atoms with Crippen molar-refractivity contribution < 1.29 is 23.7 Å². The van der Waals surface area contributed by atoms with E-state index in [1.807, 2.05) is 17.0 Å². The van der Waals surface area contributed by atoms with E-state index in [-0.39, 0.29) is 12.2 Å². The minimum atomic E-state index is -0.290. The van der Waals surface area contributed by atoms with E-state index in [9.17, 15) is 4.79 Å². The number of morpholine rings is 1. The topological polar surface area (TPSA) is 110 Å². The minimum absolute atomic E-state index is 0.177. The number of hydrogen-bond acceptors (Lipinski definition) is 10. The van der Waals surface area contributed by atoms with E-state index >= 15 is 0 Å². The quantitative estimate of drug-likeness (QED) is 0.552. The summed E-state index contributed by atoms with van der Waals surface area (Å²) in [6.07, 6.45) is 3.81. The normalized spacial score (nSPS) is 19.2. The van der Waals surface area contributed by atoms with Crippen molar-refractivity contribution in [1.82, 2.24) is 20.1 Å². The monoisotopic (exact) mass is 494 g/mol. The molecule has 1 fully saturated rings. The lowest BCUT2D eigenvalue weighted by molar-refractivity contribution is -0.164. The van der Waals surface area contributed by atoms with Crippen molar-refractivity contribution in [1.29, 1.82) is 0 Å². The van der Waals surface area contributed by atoms with Gasteiger partial charge in [-0.05, 0) is 30.7 Å². The summed E-state index contributed by atoms with van der Waals surface area (Å²) in [5, 5.41) is 2.91. The molecule has 0 spiro atoms. The minimum Gasteiger partial charge on any atom is -0.491 e. The Balaban J connectivity index is 1.31. The fraction of sp³-hybridized carbons (Fsp3) is 0.440. The number of guanidine groups is 1. The third-order valence-corrected chi connectivity index (χ3v) is 6.26. The SMILES string of the molecule is COc1c(OCCCN2CCOC(OC)C2)ccc2c1N=C(NC(=O)c1cccnc1)N1CCN=C21. The number of carbonyl (C=O) groups excluding carboxylic acids is 1. The summed E-state index contributed by atoms with van der Waals surface area (Å²) in [5.41, 5.74) is 1.88. The molecule has 3 aliphatic rings. The first-order valence-corrected chi connectivity index (χ1v) is 12.0. The van der Waals surface area contributed by atoms with Crippen LogP contribution in [0.15, 0.2) is 46.6 Å². The van der Waals surface area contributed by atoms with Gasteiger partial charge in [-0.2, -0.15) is 0 Å². The van der Waals surface area contributed by atoms with Gasteiger partial charge in [0.25, 0.3) is 5.91 Å². The van der Waals surface area contributed by atoms with Crippen molar-refractivity contribution in [2.24, 2.45) is 9.98 Å². The lowest BCUT2D eigenvalue weighted by Gasteiger charge is -2.31. The van der Waals surface area contributed by atoms with Crippen LogP contribution in [0.25, 0.3) is 0 Å². The fourth-order valence-corrected chi connectivity index (χ4v) is 4.46. The summed E-state index contributed by atoms with van der Waals surface area (Å²) in [6, 6.07) is 7.26. The molecule has 1 saturated heterocycles. The lowest BCUT2D eigenvalue weighted by Crippen LogP contribution is -2.47. The van der Waals surface area contributed by atoms with Crippen molar-refractivity contribution in [2.45, 2.75) is 12.7 Å². The molecule has 4 heterocycles. The number of aromatic nitrogens is 1. The molecule has 2 aromatic rings. The second-order valence-corrected chi connectivity index (χ2v) is 8.52. The second-order valence-electron chi connectivity index (χ2n) is 8.52. The summed E-state index contributed by atoms with van der Waals surface area (Å²) in [7, 11) is 3.25. The van der Waals surface area contributed by atoms with E-state index in [1.165, 1.54) is 6.20 Å². The van der Waals surface area contributed by atoms with E-state index in [2.05, 4.69) is 20.2 Å². The van der Waals surface area contributed by atoms with Gasteiger partial charge in [0.2, 0.25) is 5.96 Å². The lowest BCUT2D eigenvalue weighted by atomic mass is 10.1. The van der Waals surface area contributed by atoms with E-state index in [0.717, 1.165) is 37.5 Å². The van der Waals surface area contributed by atoms with Crippen molar-refractivity contribution in [3.8, 4) is 11.5 Å². The van der Waals surface area contributed by atoms with Gasteiger partial charge in [-0.25, -0.2) is 4.99 Å². The summed E-state index contributed by atoms with van der Waals surface area (Å²) in [5.74, 6) is 1.98. The van der Waals surface area contributed by atoms with E-state index in [0.29, 0.717) is 55.0 Å². The Morgan fingerprint density at radius 3 is 2.97 bits per heavy atom. The molecule has 5 rings (SSSR count). The predicted molar refractivity (Wildman–Crippen MR) is 133 cm³/mol. The third-order valence-electron chi connectivity index (χ3n) is 6.26. The number of carbonyl (C=O) groups is 1. The molecule has 0 bridgehead atoms. The Morgan fingerprint density at radius 1 is 1.25 bits per heavy atom. The number of amidine groups is 1. The highest BCUT2D eigenvalue weighted by Crippen LogP contribution is 2.43. The Labute approximate surface area is 209 Å². The molecule has 1 aromatic carbocycles. The third kappa shape index (κ3) is 5.03. The molecule has 0 aliphatic carbocycles. The molecule has 1 aromatic heterocycles. The van der Waals surface area contributed by atoms with Gasteiger partial charge >= 0.3 is 0 Å². The van der Waals surface area contributed by atoms with Crippen LogP contribution in [0.2, 0.25) is 0 Å². The summed E-state index contributed by atoms with van der Waals surface area (Å²) in [6.45, 7) is 4.94. The Hall–Kier alpha value is -3.54. The van der Waals surface area contributed by atoms with Gasteiger partial charge in [-0.3, -0.25) is 29.9 Å². The number of fused-ring (bicyclic) bond motifs is 3. The van der Waals surface area contributed by atoms with Gasteiger partial charge in [0.1, 0.15) is 11.5 Å². The second kappa shape index (κ2) is 11.0. The fourth-order valence-electron chi connectivity index (χ4n) is 4.46. The maximum absolute atomic E-state index is 12.8. The van der Waals surface area contributed by atoms with Gasteiger partial charge in [0.05, 0.1) is 32.4 Å². The Morgan fingerprint density at radius 2 is 2.17 bits per heavy atom. The average molecular weight is 495 g/mol. The largest absolute Gasteiger partial charge is 0.491 e. The highest BCUT2D eigenvalue weighted by Gasteiger charge is 2.33. The first kappa shape index (κ1) is 24.2. The molecular weight excluding hydrogens is 464 g/mol. The van der Waals surface area contributed by atoms with Crippen LogP contribution in [0.5, 0.6) is 11.5 Å². The number of aliphatic imine (C=N–C) groups is 2. The number of pyridine rings is 1. The molecule has 1 amide bonds. The van der Waals surface area contributed by atoms with E-state index in [4.69, 9.17) is 23.9 Å². The molecule has 3 aliphatic heterocycles. The molecule has 36 heavy (non-hydrogen) atoms. The van der Waals surface area contributed by atoms with Gasteiger partial charge in [0.15, 0.2) is 17.8 Å². The number of methoxy groups -OCH3 is 2. The molecule has 190 valence electrons. The summed E-state index contributed by atoms with van der Waals surface area (Å²) >= 11 is 0. The van der Waals surface area contributed by atoms with Gasteiger partial charge in [0, 0.05) is 51.2 Å². The van der Waals surface area contributed by atoms with Gasteiger partial charge in [-0.15, -0.1) is 0 Å². The molecule has 0 radical (unpaired) electrons. The molecular formula is C25H30N6O5. The number of nitrogens with zero attached hydrogens (tertiary/aromatic N) is 5. The first-order valence-electron chi connectivity index (χ1n) is 12.0. The highest BCUT2D eigenvalue weighted by molar-refractivity contribution is 6.20. The molecule has 0 saturated carbocycles. The van der Waals surface area contributed by atoms with Crippen molar-refractivity contribution in [3.05, 3.63) is 47.8 Å². The number of benzene rings is 1. The van der Waals surface area contributed by atoms with Crippen LogP contribution in [-0.4, -0.2) is 98.9 Å².